The summed E-state index contributed by atoms with van der Waals surface area (Å²) < 4.78 is 10.6. The Morgan fingerprint density at radius 1 is 0.840 bits per heavy atom. The number of rotatable bonds is 5. The summed E-state index contributed by atoms with van der Waals surface area (Å²) in [4.78, 5) is 24.4. The summed E-state index contributed by atoms with van der Waals surface area (Å²) >= 11 is 0. The monoisotopic (exact) mass is 334 g/mol. The fraction of sp³-hybridized carbons (Fsp3) is 0.143. The van der Waals surface area contributed by atoms with Gasteiger partial charge in [0.15, 0.2) is 0 Å². The highest BCUT2D eigenvalue weighted by atomic mass is 16.5. The van der Waals surface area contributed by atoms with Crippen molar-refractivity contribution in [2.45, 2.75) is 13.3 Å². The van der Waals surface area contributed by atoms with Crippen LogP contribution in [-0.2, 0) is 4.74 Å². The molecule has 3 aromatic carbocycles. The van der Waals surface area contributed by atoms with Crippen LogP contribution in [0.3, 0.4) is 0 Å². The van der Waals surface area contributed by atoms with Crippen molar-refractivity contribution in [2.24, 2.45) is 0 Å². The zero-order chi connectivity index (χ0) is 17.6. The van der Waals surface area contributed by atoms with Gasteiger partial charge in [-0.3, -0.25) is 0 Å². The van der Waals surface area contributed by atoms with Gasteiger partial charge in [-0.25, -0.2) is 9.59 Å². The van der Waals surface area contributed by atoms with Gasteiger partial charge in [0, 0.05) is 5.39 Å². The van der Waals surface area contributed by atoms with Crippen molar-refractivity contribution in [1.82, 2.24) is 0 Å². The zero-order valence-corrected chi connectivity index (χ0v) is 13.9. The first-order chi connectivity index (χ1) is 12.2. The van der Waals surface area contributed by atoms with Crippen molar-refractivity contribution in [3.63, 3.8) is 0 Å². The molecule has 0 aliphatic heterocycles. The Kier molecular flexibility index (Phi) is 5.09. The van der Waals surface area contributed by atoms with E-state index in [0.29, 0.717) is 23.5 Å². The Bertz CT molecular complexity index is 909. The van der Waals surface area contributed by atoms with Crippen molar-refractivity contribution in [3.05, 3.63) is 77.9 Å². The van der Waals surface area contributed by atoms with Gasteiger partial charge < -0.3 is 9.47 Å². The Balaban J connectivity index is 1.82. The SMILES string of the molecule is CCCOC(=O)c1cccc(C(=O)Oc2cccc3ccccc23)c1. The minimum absolute atomic E-state index is 0.305. The molecule has 25 heavy (non-hydrogen) atoms. The quantitative estimate of drug-likeness (QED) is 0.504. The molecule has 0 unspecified atom stereocenters. The van der Waals surface area contributed by atoms with E-state index in [2.05, 4.69) is 0 Å². The zero-order valence-electron chi connectivity index (χ0n) is 13.9. The third-order valence-electron chi connectivity index (χ3n) is 3.72. The van der Waals surface area contributed by atoms with Crippen LogP contribution in [0.2, 0.25) is 0 Å². The minimum atomic E-state index is -0.513. The first-order valence-corrected chi connectivity index (χ1v) is 8.16. The Morgan fingerprint density at radius 2 is 1.52 bits per heavy atom. The minimum Gasteiger partial charge on any atom is -0.462 e. The van der Waals surface area contributed by atoms with E-state index in [4.69, 9.17) is 9.47 Å². The Morgan fingerprint density at radius 3 is 2.32 bits per heavy atom. The smallest absolute Gasteiger partial charge is 0.343 e. The lowest BCUT2D eigenvalue weighted by molar-refractivity contribution is 0.0505. The van der Waals surface area contributed by atoms with Crippen molar-refractivity contribution < 1.29 is 19.1 Å². The molecule has 4 heteroatoms. The largest absolute Gasteiger partial charge is 0.462 e. The first-order valence-electron chi connectivity index (χ1n) is 8.16. The molecule has 4 nitrogen and oxygen atoms in total. The highest BCUT2D eigenvalue weighted by molar-refractivity contribution is 5.98. The molecule has 3 aromatic rings. The van der Waals surface area contributed by atoms with E-state index < -0.39 is 11.9 Å². The van der Waals surface area contributed by atoms with E-state index in [9.17, 15) is 9.59 Å². The van der Waals surface area contributed by atoms with Crippen LogP contribution in [0.15, 0.2) is 66.7 Å². The predicted octanol–water partition coefficient (Wildman–Crippen LogP) is 4.63. The first kappa shape index (κ1) is 16.7. The van der Waals surface area contributed by atoms with E-state index in [-0.39, 0.29) is 0 Å². The molecule has 0 aromatic heterocycles. The standard InChI is InChI=1S/C21H18O4/c1-2-13-24-20(22)16-9-5-10-17(14-16)21(23)25-19-12-6-8-15-7-3-4-11-18(15)19/h3-12,14H,2,13H2,1H3. The van der Waals surface area contributed by atoms with Gasteiger partial charge in [0.1, 0.15) is 5.75 Å². The molecule has 0 aliphatic rings. The normalized spacial score (nSPS) is 10.4. The van der Waals surface area contributed by atoms with Gasteiger partial charge in [0.2, 0.25) is 0 Å². The van der Waals surface area contributed by atoms with Gasteiger partial charge in [-0.15, -0.1) is 0 Å². The van der Waals surface area contributed by atoms with Crippen LogP contribution in [0.4, 0.5) is 0 Å². The van der Waals surface area contributed by atoms with Gasteiger partial charge in [0.05, 0.1) is 17.7 Å². The molecule has 0 fully saturated rings. The summed E-state index contributed by atoms with van der Waals surface area (Å²) in [6.07, 6.45) is 0.745. The molecule has 126 valence electrons. The molecule has 0 saturated carbocycles. The average Bonchev–Trinajstić information content (AvgIpc) is 2.66. The summed E-state index contributed by atoms with van der Waals surface area (Å²) in [7, 11) is 0. The molecule has 0 atom stereocenters. The van der Waals surface area contributed by atoms with Gasteiger partial charge >= 0.3 is 11.9 Å². The molecule has 0 saturated heterocycles. The lowest BCUT2D eigenvalue weighted by atomic mass is 10.1. The van der Waals surface area contributed by atoms with Crippen LogP contribution in [0.25, 0.3) is 10.8 Å². The molecule has 0 aliphatic carbocycles. The Labute approximate surface area is 146 Å². The van der Waals surface area contributed by atoms with Gasteiger partial charge in [0.25, 0.3) is 0 Å². The number of hydrogen-bond donors (Lipinski definition) is 0. The molecule has 0 radical (unpaired) electrons. The number of esters is 2. The van der Waals surface area contributed by atoms with Crippen LogP contribution in [-0.4, -0.2) is 18.5 Å². The molecule has 3 rings (SSSR count). The molecule has 0 N–H and O–H groups in total. The molecule has 0 spiro atoms. The van der Waals surface area contributed by atoms with Crippen LogP contribution >= 0.6 is 0 Å². The van der Waals surface area contributed by atoms with Crippen molar-refractivity contribution >= 4 is 22.7 Å². The summed E-state index contributed by atoms with van der Waals surface area (Å²) in [6.45, 7) is 2.27. The average molecular weight is 334 g/mol. The number of ether oxygens (including phenoxy) is 2. The molecular weight excluding hydrogens is 316 g/mol. The fourth-order valence-electron chi connectivity index (χ4n) is 2.49. The highest BCUT2D eigenvalue weighted by Gasteiger charge is 2.14. The summed E-state index contributed by atoms with van der Waals surface area (Å²) in [5.41, 5.74) is 0.639. The van der Waals surface area contributed by atoms with Crippen LogP contribution in [0.5, 0.6) is 5.75 Å². The molecule has 0 bridgehead atoms. The van der Waals surface area contributed by atoms with E-state index >= 15 is 0 Å². The van der Waals surface area contributed by atoms with E-state index in [1.807, 2.05) is 43.3 Å². The van der Waals surface area contributed by atoms with Crippen LogP contribution < -0.4 is 4.74 Å². The number of carbonyl (C=O) groups is 2. The van der Waals surface area contributed by atoms with Gasteiger partial charge in [-0.2, -0.15) is 0 Å². The van der Waals surface area contributed by atoms with E-state index in [1.165, 1.54) is 6.07 Å². The van der Waals surface area contributed by atoms with Crippen molar-refractivity contribution in [2.75, 3.05) is 6.61 Å². The fourth-order valence-corrected chi connectivity index (χ4v) is 2.49. The maximum absolute atomic E-state index is 12.5. The number of carbonyl (C=O) groups excluding carboxylic acids is 2. The highest BCUT2D eigenvalue weighted by Crippen LogP contribution is 2.26. The third-order valence-corrected chi connectivity index (χ3v) is 3.72. The van der Waals surface area contributed by atoms with Crippen molar-refractivity contribution in [1.29, 1.82) is 0 Å². The van der Waals surface area contributed by atoms with Gasteiger partial charge in [-0.05, 0) is 36.1 Å². The second kappa shape index (κ2) is 7.62. The second-order valence-electron chi connectivity index (χ2n) is 5.58. The summed E-state index contributed by atoms with van der Waals surface area (Å²) in [5.74, 6) is -0.467. The lowest BCUT2D eigenvalue weighted by Crippen LogP contribution is -2.11. The summed E-state index contributed by atoms with van der Waals surface area (Å²) in [6, 6.07) is 19.6. The van der Waals surface area contributed by atoms with Crippen molar-refractivity contribution in [3.8, 4) is 5.75 Å². The van der Waals surface area contributed by atoms with Crippen LogP contribution in [0.1, 0.15) is 34.1 Å². The number of hydrogen-bond acceptors (Lipinski definition) is 4. The molecule has 0 heterocycles. The Hall–Kier alpha value is -3.14. The van der Waals surface area contributed by atoms with Crippen LogP contribution in [0, 0.1) is 0 Å². The predicted molar refractivity (Wildman–Crippen MR) is 95.9 cm³/mol. The topological polar surface area (TPSA) is 52.6 Å². The van der Waals surface area contributed by atoms with E-state index in [0.717, 1.165) is 17.2 Å². The summed E-state index contributed by atoms with van der Waals surface area (Å²) in [5, 5.41) is 1.85. The molecular formula is C21H18O4. The second-order valence-corrected chi connectivity index (χ2v) is 5.58. The lowest BCUT2D eigenvalue weighted by Gasteiger charge is -2.09. The number of benzene rings is 3. The molecule has 0 amide bonds. The van der Waals surface area contributed by atoms with Gasteiger partial charge in [-0.1, -0.05) is 49.4 Å². The van der Waals surface area contributed by atoms with E-state index in [1.54, 1.807) is 24.3 Å². The maximum Gasteiger partial charge on any atom is 0.343 e. The number of fused-ring (bicyclic) bond motifs is 1. The third kappa shape index (κ3) is 3.86. The maximum atomic E-state index is 12.5.